The molecule has 0 spiro atoms. The lowest BCUT2D eigenvalue weighted by Crippen LogP contribution is -2.10. The summed E-state index contributed by atoms with van der Waals surface area (Å²) in [6.45, 7) is 0. The molecule has 0 fully saturated rings. The number of hydrogen-bond donors (Lipinski definition) is 0. The first-order valence-electron chi connectivity index (χ1n) is 3.61. The van der Waals surface area contributed by atoms with Crippen LogP contribution in [0.25, 0.3) is 0 Å². The predicted molar refractivity (Wildman–Crippen MR) is 46.9 cm³/mol. The molecule has 0 aliphatic rings. The molecule has 3 heteroatoms. The lowest BCUT2D eigenvalue weighted by atomic mass is 10.3. The summed E-state index contributed by atoms with van der Waals surface area (Å²) in [6, 6.07) is 0. The van der Waals surface area contributed by atoms with Gasteiger partial charge < -0.3 is 9.47 Å². The summed E-state index contributed by atoms with van der Waals surface area (Å²) in [4.78, 5) is 0. The fraction of sp³-hybridized carbons (Fsp3) is 0.750. The van der Waals surface area contributed by atoms with Crippen molar-refractivity contribution in [3.05, 3.63) is 12.2 Å². The smallest absolute Gasteiger partial charge is 0.160 e. The molecular weight excluding hydrogens is 164 g/mol. The maximum absolute atomic E-state index is 5.47. The molecule has 0 aliphatic heterocycles. The molecule has 0 saturated heterocycles. The highest BCUT2D eigenvalue weighted by Crippen LogP contribution is 1.99. The number of rotatable bonds is 6. The number of allylic oxidation sites excluding steroid dienone is 1. The van der Waals surface area contributed by atoms with Crippen molar-refractivity contribution in [1.29, 1.82) is 0 Å². The van der Waals surface area contributed by atoms with Crippen LogP contribution in [0.3, 0.4) is 0 Å². The third kappa shape index (κ3) is 6.35. The molecule has 0 aliphatic carbocycles. The molecule has 0 aromatic rings. The minimum Gasteiger partial charge on any atom is -0.356 e. The van der Waals surface area contributed by atoms with Crippen molar-refractivity contribution in [2.75, 3.05) is 20.1 Å². The number of methoxy groups -OCH3 is 2. The van der Waals surface area contributed by atoms with Gasteiger partial charge in [-0.15, -0.1) is 11.6 Å². The van der Waals surface area contributed by atoms with Gasteiger partial charge in [0.15, 0.2) is 6.29 Å². The summed E-state index contributed by atoms with van der Waals surface area (Å²) >= 11 is 5.47. The molecule has 0 saturated carbocycles. The Morgan fingerprint density at radius 1 is 1.27 bits per heavy atom. The summed E-state index contributed by atoms with van der Waals surface area (Å²) in [5.41, 5.74) is 0. The van der Waals surface area contributed by atoms with Crippen molar-refractivity contribution in [3.8, 4) is 0 Å². The number of alkyl halides is 1. The Bertz CT molecular complexity index is 100. The normalized spacial score (nSPS) is 11.6. The van der Waals surface area contributed by atoms with Gasteiger partial charge in [-0.25, -0.2) is 0 Å². The second-order valence-corrected chi connectivity index (χ2v) is 2.46. The highest BCUT2D eigenvalue weighted by atomic mass is 35.5. The van der Waals surface area contributed by atoms with Crippen LogP contribution in [0.2, 0.25) is 0 Å². The van der Waals surface area contributed by atoms with Gasteiger partial charge in [0.1, 0.15) is 0 Å². The quantitative estimate of drug-likeness (QED) is 0.353. The predicted octanol–water partition coefficient (Wildman–Crippen LogP) is 2.18. The van der Waals surface area contributed by atoms with Crippen molar-refractivity contribution < 1.29 is 9.47 Å². The zero-order valence-corrected chi connectivity index (χ0v) is 7.80. The van der Waals surface area contributed by atoms with E-state index in [4.69, 9.17) is 21.1 Å². The van der Waals surface area contributed by atoms with Gasteiger partial charge in [-0.3, -0.25) is 0 Å². The Balaban J connectivity index is 3.33. The molecule has 11 heavy (non-hydrogen) atoms. The molecule has 0 amide bonds. The second kappa shape index (κ2) is 8.05. The van der Waals surface area contributed by atoms with Crippen molar-refractivity contribution in [2.45, 2.75) is 19.1 Å². The van der Waals surface area contributed by atoms with E-state index >= 15 is 0 Å². The zero-order valence-electron chi connectivity index (χ0n) is 7.05. The Hall–Kier alpha value is -0.0500. The third-order valence-corrected chi connectivity index (χ3v) is 1.51. The van der Waals surface area contributed by atoms with Crippen molar-refractivity contribution >= 4 is 11.6 Å². The van der Waals surface area contributed by atoms with Gasteiger partial charge in [0, 0.05) is 26.5 Å². The first kappa shape index (κ1) is 11.0. The number of halogens is 1. The van der Waals surface area contributed by atoms with E-state index in [0.717, 1.165) is 12.8 Å². The van der Waals surface area contributed by atoms with Gasteiger partial charge in [-0.05, 0) is 6.42 Å². The summed E-state index contributed by atoms with van der Waals surface area (Å²) in [6.07, 6.45) is 5.60. The van der Waals surface area contributed by atoms with Gasteiger partial charge in [0.2, 0.25) is 0 Å². The van der Waals surface area contributed by atoms with Crippen LogP contribution >= 0.6 is 11.6 Å². The van der Waals surface area contributed by atoms with Crippen LogP contribution in [0.5, 0.6) is 0 Å². The molecule has 2 nitrogen and oxygen atoms in total. The van der Waals surface area contributed by atoms with Crippen LogP contribution in [0.4, 0.5) is 0 Å². The molecule has 0 aromatic heterocycles. The van der Waals surface area contributed by atoms with Crippen LogP contribution in [0.15, 0.2) is 12.2 Å². The lowest BCUT2D eigenvalue weighted by Gasteiger charge is -2.09. The van der Waals surface area contributed by atoms with E-state index in [0.29, 0.717) is 5.88 Å². The molecular formula is C8H15ClO2. The fourth-order valence-electron chi connectivity index (χ4n) is 0.677. The molecule has 0 atom stereocenters. The highest BCUT2D eigenvalue weighted by Gasteiger charge is 1.99. The van der Waals surface area contributed by atoms with E-state index in [1.165, 1.54) is 0 Å². The standard InChI is InChI=1S/C8H15ClO2/c1-10-8(11-2)6-4-3-5-7-9/h3-4,8H,5-7H2,1-2H3/b4-3+. The number of ether oxygens (including phenoxy) is 2. The molecule has 0 unspecified atom stereocenters. The molecule has 0 bridgehead atoms. The summed E-state index contributed by atoms with van der Waals surface area (Å²) in [5.74, 6) is 0.668. The maximum atomic E-state index is 5.47. The van der Waals surface area contributed by atoms with Crippen molar-refractivity contribution in [2.24, 2.45) is 0 Å². The van der Waals surface area contributed by atoms with Crippen LogP contribution in [0.1, 0.15) is 12.8 Å². The van der Waals surface area contributed by atoms with Crippen LogP contribution in [-0.4, -0.2) is 26.4 Å². The van der Waals surface area contributed by atoms with E-state index in [-0.39, 0.29) is 6.29 Å². The van der Waals surface area contributed by atoms with Gasteiger partial charge >= 0.3 is 0 Å². The van der Waals surface area contributed by atoms with Crippen LogP contribution in [-0.2, 0) is 9.47 Å². The van der Waals surface area contributed by atoms with E-state index in [2.05, 4.69) is 0 Å². The topological polar surface area (TPSA) is 18.5 Å². The summed E-state index contributed by atoms with van der Waals surface area (Å²) < 4.78 is 9.95. The van der Waals surface area contributed by atoms with Gasteiger partial charge in [0.05, 0.1) is 0 Å². The number of hydrogen-bond acceptors (Lipinski definition) is 2. The monoisotopic (exact) mass is 178 g/mol. The van der Waals surface area contributed by atoms with Gasteiger partial charge in [0.25, 0.3) is 0 Å². The third-order valence-electron chi connectivity index (χ3n) is 1.30. The van der Waals surface area contributed by atoms with Crippen LogP contribution in [0, 0.1) is 0 Å². The highest BCUT2D eigenvalue weighted by molar-refractivity contribution is 6.17. The average molecular weight is 179 g/mol. The Labute approximate surface area is 73.1 Å². The first-order valence-corrected chi connectivity index (χ1v) is 4.15. The fourth-order valence-corrected chi connectivity index (χ4v) is 0.803. The zero-order chi connectivity index (χ0) is 8.53. The van der Waals surface area contributed by atoms with E-state index < -0.39 is 0 Å². The first-order chi connectivity index (χ1) is 5.35. The average Bonchev–Trinajstić information content (AvgIpc) is 2.05. The minimum atomic E-state index is -0.124. The van der Waals surface area contributed by atoms with Crippen molar-refractivity contribution in [3.63, 3.8) is 0 Å². The molecule has 0 rings (SSSR count). The molecule has 0 aromatic carbocycles. The molecule has 0 radical (unpaired) electrons. The Kier molecular flexibility index (Phi) is 8.01. The minimum absolute atomic E-state index is 0.124. The Morgan fingerprint density at radius 2 is 1.91 bits per heavy atom. The Morgan fingerprint density at radius 3 is 2.36 bits per heavy atom. The van der Waals surface area contributed by atoms with Crippen LogP contribution < -0.4 is 0 Å². The maximum Gasteiger partial charge on any atom is 0.160 e. The van der Waals surface area contributed by atoms with E-state index in [9.17, 15) is 0 Å². The second-order valence-electron chi connectivity index (χ2n) is 2.09. The molecule has 0 N–H and O–H groups in total. The largest absolute Gasteiger partial charge is 0.356 e. The van der Waals surface area contributed by atoms with Gasteiger partial charge in [-0.2, -0.15) is 0 Å². The molecule has 0 heterocycles. The lowest BCUT2D eigenvalue weighted by molar-refractivity contribution is -0.0986. The van der Waals surface area contributed by atoms with Crippen molar-refractivity contribution in [1.82, 2.24) is 0 Å². The summed E-state index contributed by atoms with van der Waals surface area (Å²) in [5, 5.41) is 0. The molecule has 66 valence electrons. The van der Waals surface area contributed by atoms with E-state index in [1.807, 2.05) is 12.2 Å². The van der Waals surface area contributed by atoms with E-state index in [1.54, 1.807) is 14.2 Å². The summed E-state index contributed by atoms with van der Waals surface area (Å²) in [7, 11) is 3.26. The van der Waals surface area contributed by atoms with Gasteiger partial charge in [-0.1, -0.05) is 12.2 Å². The SMILES string of the molecule is COC(C/C=C/CCCl)OC.